The predicted octanol–water partition coefficient (Wildman–Crippen LogP) is 3.30. The molecule has 1 unspecified atom stereocenters. The number of hydrogen-bond acceptors (Lipinski definition) is 4. The van der Waals surface area contributed by atoms with Crippen molar-refractivity contribution >= 4 is 22.4 Å². The van der Waals surface area contributed by atoms with Crippen LogP contribution in [0.25, 0.3) is 0 Å². The molecule has 21 heavy (non-hydrogen) atoms. The van der Waals surface area contributed by atoms with Crippen LogP contribution in [0.1, 0.15) is 36.7 Å². The maximum Gasteiger partial charge on any atom is 0.230 e. The van der Waals surface area contributed by atoms with E-state index in [1.165, 1.54) is 11.3 Å². The van der Waals surface area contributed by atoms with Gasteiger partial charge in [0.05, 0.1) is 12.1 Å². The van der Waals surface area contributed by atoms with Gasteiger partial charge in [-0.15, -0.1) is 11.3 Å². The summed E-state index contributed by atoms with van der Waals surface area (Å²) >= 11 is 1.46. The third-order valence-corrected chi connectivity index (χ3v) is 4.11. The highest BCUT2D eigenvalue weighted by Crippen LogP contribution is 2.20. The predicted molar refractivity (Wildman–Crippen MR) is 87.7 cm³/mol. The first-order valence-electron chi connectivity index (χ1n) is 7.13. The Morgan fingerprint density at radius 2 is 2.14 bits per heavy atom. The van der Waals surface area contributed by atoms with Crippen molar-refractivity contribution in [2.45, 2.75) is 33.2 Å². The Morgan fingerprint density at radius 1 is 1.38 bits per heavy atom. The van der Waals surface area contributed by atoms with E-state index in [0.717, 1.165) is 23.4 Å². The zero-order valence-corrected chi connectivity index (χ0v) is 13.5. The minimum atomic E-state index is -0.0266. The average molecular weight is 303 g/mol. The second-order valence-corrected chi connectivity index (χ2v) is 5.87. The summed E-state index contributed by atoms with van der Waals surface area (Å²) in [5, 5.41) is 8.83. The Bertz CT molecular complexity index is 609. The van der Waals surface area contributed by atoms with Crippen molar-refractivity contribution in [2.75, 3.05) is 11.9 Å². The average Bonchev–Trinajstić information content (AvgIpc) is 2.90. The number of rotatable bonds is 6. The smallest absolute Gasteiger partial charge is 0.230 e. The van der Waals surface area contributed by atoms with Crippen LogP contribution in [0.2, 0.25) is 0 Å². The van der Waals surface area contributed by atoms with Crippen molar-refractivity contribution in [3.8, 4) is 0 Å². The molecule has 0 aliphatic rings. The lowest BCUT2D eigenvalue weighted by Crippen LogP contribution is -2.18. The van der Waals surface area contributed by atoms with Crippen molar-refractivity contribution in [3.63, 3.8) is 0 Å². The molecule has 0 aliphatic carbocycles. The van der Waals surface area contributed by atoms with Gasteiger partial charge in [0, 0.05) is 11.4 Å². The van der Waals surface area contributed by atoms with Crippen LogP contribution in [0.3, 0.4) is 0 Å². The van der Waals surface area contributed by atoms with Crippen molar-refractivity contribution < 1.29 is 4.79 Å². The second-order valence-electron chi connectivity index (χ2n) is 5.01. The zero-order valence-electron chi connectivity index (χ0n) is 12.6. The molecule has 0 radical (unpaired) electrons. The van der Waals surface area contributed by atoms with Gasteiger partial charge in [-0.05, 0) is 31.5 Å². The van der Waals surface area contributed by atoms with E-state index in [-0.39, 0.29) is 11.9 Å². The number of carbonyl (C=O) groups is 1. The quantitative estimate of drug-likeness (QED) is 0.861. The van der Waals surface area contributed by atoms with Gasteiger partial charge in [0.15, 0.2) is 5.13 Å². The summed E-state index contributed by atoms with van der Waals surface area (Å²) < 4.78 is 0. The number of aromatic nitrogens is 1. The lowest BCUT2D eigenvalue weighted by Gasteiger charge is -2.08. The first kappa shape index (κ1) is 15.7. The molecule has 1 aromatic carbocycles. The molecular formula is C16H21N3OS. The van der Waals surface area contributed by atoms with Gasteiger partial charge in [-0.25, -0.2) is 4.98 Å². The van der Waals surface area contributed by atoms with E-state index >= 15 is 0 Å². The van der Waals surface area contributed by atoms with Crippen LogP contribution >= 0.6 is 11.3 Å². The molecule has 2 N–H and O–H groups in total. The van der Waals surface area contributed by atoms with Gasteiger partial charge in [0.2, 0.25) is 5.91 Å². The number of carbonyl (C=O) groups excluding carboxylic acids is 1. The number of nitrogens with one attached hydrogen (secondary N) is 2. The van der Waals surface area contributed by atoms with Crippen LogP contribution in [0.5, 0.6) is 0 Å². The highest BCUT2D eigenvalue weighted by Gasteiger charge is 2.11. The van der Waals surface area contributed by atoms with E-state index in [4.69, 9.17) is 0 Å². The molecule has 0 fully saturated rings. The first-order valence-corrected chi connectivity index (χ1v) is 8.01. The summed E-state index contributed by atoms with van der Waals surface area (Å²) in [7, 11) is 0. The third-order valence-electron chi connectivity index (χ3n) is 3.33. The molecule has 0 saturated heterocycles. The molecule has 1 heterocycles. The van der Waals surface area contributed by atoms with Gasteiger partial charge in [-0.1, -0.05) is 31.2 Å². The first-order chi connectivity index (χ1) is 10.1. The van der Waals surface area contributed by atoms with Crippen LogP contribution < -0.4 is 10.6 Å². The molecule has 1 aromatic heterocycles. The highest BCUT2D eigenvalue weighted by atomic mass is 32.1. The monoisotopic (exact) mass is 303 g/mol. The Morgan fingerprint density at radius 3 is 2.86 bits per heavy atom. The third kappa shape index (κ3) is 4.37. The largest absolute Gasteiger partial charge is 0.309 e. The summed E-state index contributed by atoms with van der Waals surface area (Å²) in [6, 6.07) is 8.13. The van der Waals surface area contributed by atoms with Crippen LogP contribution in [-0.2, 0) is 11.2 Å². The molecule has 5 heteroatoms. The number of aryl methyl sites for hydroxylation is 1. The van der Waals surface area contributed by atoms with E-state index in [9.17, 15) is 4.79 Å². The molecule has 1 amide bonds. The van der Waals surface area contributed by atoms with Gasteiger partial charge in [0.1, 0.15) is 0 Å². The fraction of sp³-hybridized carbons (Fsp3) is 0.375. The number of hydrogen-bond donors (Lipinski definition) is 2. The van der Waals surface area contributed by atoms with Crippen LogP contribution in [0.4, 0.5) is 5.13 Å². The van der Waals surface area contributed by atoms with Gasteiger partial charge in [0.25, 0.3) is 0 Å². The van der Waals surface area contributed by atoms with Crippen LogP contribution in [-0.4, -0.2) is 17.4 Å². The van der Waals surface area contributed by atoms with Gasteiger partial charge >= 0.3 is 0 Å². The molecule has 4 nitrogen and oxygen atoms in total. The Balaban J connectivity index is 1.96. The summed E-state index contributed by atoms with van der Waals surface area (Å²) in [4.78, 5) is 16.5. The van der Waals surface area contributed by atoms with E-state index in [2.05, 4.69) is 29.5 Å². The summed E-state index contributed by atoms with van der Waals surface area (Å²) in [6.07, 6.45) is 0.379. The SMILES string of the molecule is CCNC(C)c1csc(NC(=O)Cc2ccccc2C)n1. The number of thiazole rings is 1. The molecule has 0 aliphatic heterocycles. The molecule has 2 aromatic rings. The summed E-state index contributed by atoms with van der Waals surface area (Å²) in [6.45, 7) is 7.04. The van der Waals surface area contributed by atoms with Crippen molar-refractivity contribution in [1.82, 2.24) is 10.3 Å². The summed E-state index contributed by atoms with van der Waals surface area (Å²) in [5.74, 6) is -0.0266. The fourth-order valence-electron chi connectivity index (χ4n) is 2.10. The molecule has 0 spiro atoms. The van der Waals surface area contributed by atoms with E-state index in [1.807, 2.05) is 36.6 Å². The Hall–Kier alpha value is -1.72. The maximum atomic E-state index is 12.1. The number of anilines is 1. The molecule has 1 atom stereocenters. The fourth-order valence-corrected chi connectivity index (χ4v) is 2.92. The van der Waals surface area contributed by atoms with Crippen molar-refractivity contribution in [2.24, 2.45) is 0 Å². The molecule has 0 bridgehead atoms. The number of benzene rings is 1. The van der Waals surface area contributed by atoms with Crippen LogP contribution in [0.15, 0.2) is 29.6 Å². The zero-order chi connectivity index (χ0) is 15.2. The molecule has 0 saturated carbocycles. The lowest BCUT2D eigenvalue weighted by atomic mass is 10.1. The van der Waals surface area contributed by atoms with E-state index < -0.39 is 0 Å². The highest BCUT2D eigenvalue weighted by molar-refractivity contribution is 7.13. The van der Waals surface area contributed by atoms with Gasteiger partial charge in [-0.2, -0.15) is 0 Å². The van der Waals surface area contributed by atoms with Crippen LogP contribution in [0, 0.1) is 6.92 Å². The second kappa shape index (κ2) is 7.33. The van der Waals surface area contributed by atoms with Gasteiger partial charge < -0.3 is 10.6 Å². The minimum absolute atomic E-state index is 0.0266. The number of amides is 1. The standard InChI is InChI=1S/C16H21N3OS/c1-4-17-12(3)14-10-21-16(18-14)19-15(20)9-13-8-6-5-7-11(13)2/h5-8,10,12,17H,4,9H2,1-3H3,(H,18,19,20). The van der Waals surface area contributed by atoms with Crippen molar-refractivity contribution in [3.05, 3.63) is 46.5 Å². The van der Waals surface area contributed by atoms with Crippen molar-refractivity contribution in [1.29, 1.82) is 0 Å². The lowest BCUT2D eigenvalue weighted by molar-refractivity contribution is -0.115. The molecular weight excluding hydrogens is 282 g/mol. The summed E-state index contributed by atoms with van der Waals surface area (Å²) in [5.41, 5.74) is 3.15. The van der Waals surface area contributed by atoms with E-state index in [0.29, 0.717) is 11.6 Å². The Labute approximate surface area is 129 Å². The van der Waals surface area contributed by atoms with E-state index in [1.54, 1.807) is 0 Å². The maximum absolute atomic E-state index is 12.1. The topological polar surface area (TPSA) is 54.0 Å². The molecule has 112 valence electrons. The molecule has 2 rings (SSSR count). The minimum Gasteiger partial charge on any atom is -0.309 e. The van der Waals surface area contributed by atoms with Gasteiger partial charge in [-0.3, -0.25) is 4.79 Å². The normalized spacial score (nSPS) is 12.1. The Kier molecular flexibility index (Phi) is 5.47. The number of nitrogens with zero attached hydrogens (tertiary/aromatic N) is 1.